The summed E-state index contributed by atoms with van der Waals surface area (Å²) in [6, 6.07) is 4.50. The second kappa shape index (κ2) is 7.49. The molecule has 0 spiro atoms. The lowest BCUT2D eigenvalue weighted by molar-refractivity contribution is -0.143. The zero-order valence-electron chi connectivity index (χ0n) is 13.9. The number of amides is 1. The van der Waals surface area contributed by atoms with Crippen LogP contribution in [0.2, 0.25) is 0 Å². The minimum absolute atomic E-state index is 0.0491. The van der Waals surface area contributed by atoms with Gasteiger partial charge in [-0.15, -0.1) is 0 Å². The molecule has 6 heteroatoms. The van der Waals surface area contributed by atoms with Crippen LogP contribution in [0, 0.1) is 11.7 Å². The average molecular weight is 337 g/mol. The lowest BCUT2D eigenvalue weighted by Gasteiger charge is -2.40. The number of nitrogens with zero attached hydrogens (tertiary/aromatic N) is 1. The van der Waals surface area contributed by atoms with Crippen LogP contribution < -0.4 is 4.74 Å². The van der Waals surface area contributed by atoms with Crippen molar-refractivity contribution in [1.29, 1.82) is 0 Å². The first kappa shape index (κ1) is 17.2. The fraction of sp³-hybridized carbons (Fsp3) is 0.611. The molecular weight excluding hydrogens is 313 g/mol. The molecule has 0 radical (unpaired) electrons. The number of carbonyl (C=O) groups excluding carboxylic acids is 1. The summed E-state index contributed by atoms with van der Waals surface area (Å²) >= 11 is 0. The minimum atomic E-state index is -0.465. The number of benzene rings is 1. The van der Waals surface area contributed by atoms with E-state index in [9.17, 15) is 14.3 Å². The number of morpholine rings is 1. The van der Waals surface area contributed by atoms with Crippen molar-refractivity contribution in [2.24, 2.45) is 5.92 Å². The molecule has 1 aliphatic heterocycles. The summed E-state index contributed by atoms with van der Waals surface area (Å²) in [5.41, 5.74) is 0.621. The van der Waals surface area contributed by atoms with Crippen LogP contribution in [0.4, 0.5) is 4.39 Å². The Morgan fingerprint density at radius 2 is 2.29 bits per heavy atom. The molecular formula is C18H24FNO4. The van der Waals surface area contributed by atoms with Gasteiger partial charge in [-0.25, -0.2) is 4.39 Å². The molecule has 3 unspecified atom stereocenters. The number of hydrogen-bond donors (Lipinski definition) is 1. The fourth-order valence-corrected chi connectivity index (χ4v) is 3.80. The van der Waals surface area contributed by atoms with Gasteiger partial charge in [-0.3, -0.25) is 4.79 Å². The van der Waals surface area contributed by atoms with E-state index in [0.29, 0.717) is 25.3 Å². The second-order valence-electron chi connectivity index (χ2n) is 6.54. The van der Waals surface area contributed by atoms with Gasteiger partial charge in [-0.2, -0.15) is 0 Å². The van der Waals surface area contributed by atoms with Gasteiger partial charge >= 0.3 is 0 Å². The highest BCUT2D eigenvalue weighted by Gasteiger charge is 2.39. The van der Waals surface area contributed by atoms with Gasteiger partial charge in [0.05, 0.1) is 38.9 Å². The summed E-state index contributed by atoms with van der Waals surface area (Å²) in [5.74, 6) is -0.272. The van der Waals surface area contributed by atoms with E-state index < -0.39 is 5.82 Å². The van der Waals surface area contributed by atoms with Crippen molar-refractivity contribution in [2.45, 2.75) is 37.8 Å². The smallest absolute Gasteiger partial charge is 0.227 e. The predicted molar refractivity (Wildman–Crippen MR) is 86.3 cm³/mol. The number of aliphatic hydroxyl groups is 1. The van der Waals surface area contributed by atoms with Crippen LogP contribution in [0.1, 0.15) is 24.8 Å². The SMILES string of the molecule is COc1ccc(CC(=O)N2CCOCC2C2CCCC2O)cc1F. The van der Waals surface area contributed by atoms with Gasteiger partial charge in [0.25, 0.3) is 0 Å². The van der Waals surface area contributed by atoms with Gasteiger partial charge in [-0.05, 0) is 30.5 Å². The van der Waals surface area contributed by atoms with Gasteiger partial charge < -0.3 is 19.5 Å². The molecule has 1 aromatic carbocycles. The highest BCUT2D eigenvalue weighted by molar-refractivity contribution is 5.79. The van der Waals surface area contributed by atoms with Crippen LogP contribution in [0.3, 0.4) is 0 Å². The van der Waals surface area contributed by atoms with Gasteiger partial charge in [0.15, 0.2) is 11.6 Å². The molecule has 3 rings (SSSR count). The molecule has 1 saturated heterocycles. The standard InChI is InChI=1S/C18H24FNO4/c1-23-17-6-5-12(9-14(17)19)10-18(22)20-7-8-24-11-15(20)13-3-2-4-16(13)21/h5-6,9,13,15-16,21H,2-4,7-8,10-11H2,1H3. The Hall–Kier alpha value is -1.66. The molecule has 0 bridgehead atoms. The van der Waals surface area contributed by atoms with Crippen molar-refractivity contribution in [3.8, 4) is 5.75 Å². The molecule has 0 aromatic heterocycles. The van der Waals surface area contributed by atoms with Crippen LogP contribution in [-0.2, 0) is 16.0 Å². The Morgan fingerprint density at radius 3 is 2.96 bits per heavy atom. The van der Waals surface area contributed by atoms with Gasteiger partial charge in [-0.1, -0.05) is 12.5 Å². The summed E-state index contributed by atoms with van der Waals surface area (Å²) in [5, 5.41) is 10.2. The molecule has 24 heavy (non-hydrogen) atoms. The van der Waals surface area contributed by atoms with E-state index in [1.807, 2.05) is 4.90 Å². The molecule has 132 valence electrons. The van der Waals surface area contributed by atoms with E-state index in [-0.39, 0.29) is 36.1 Å². The van der Waals surface area contributed by atoms with Crippen molar-refractivity contribution >= 4 is 5.91 Å². The number of carbonyl (C=O) groups is 1. The quantitative estimate of drug-likeness (QED) is 0.910. The van der Waals surface area contributed by atoms with Gasteiger partial charge in [0, 0.05) is 12.5 Å². The average Bonchev–Trinajstić information content (AvgIpc) is 3.01. The van der Waals surface area contributed by atoms with Crippen molar-refractivity contribution in [2.75, 3.05) is 26.9 Å². The fourth-order valence-electron chi connectivity index (χ4n) is 3.80. The first-order chi connectivity index (χ1) is 11.6. The number of rotatable bonds is 4. The van der Waals surface area contributed by atoms with Crippen LogP contribution in [0.5, 0.6) is 5.75 Å². The minimum Gasteiger partial charge on any atom is -0.494 e. The molecule has 5 nitrogen and oxygen atoms in total. The summed E-state index contributed by atoms with van der Waals surface area (Å²) in [7, 11) is 1.41. The third kappa shape index (κ3) is 3.54. The first-order valence-electron chi connectivity index (χ1n) is 8.48. The summed E-state index contributed by atoms with van der Waals surface area (Å²) in [4.78, 5) is 14.6. The molecule has 1 saturated carbocycles. The van der Waals surface area contributed by atoms with Crippen LogP contribution in [0.15, 0.2) is 18.2 Å². The molecule has 1 N–H and O–H groups in total. The van der Waals surface area contributed by atoms with Crippen LogP contribution >= 0.6 is 0 Å². The number of hydrogen-bond acceptors (Lipinski definition) is 4. The van der Waals surface area contributed by atoms with Crippen molar-refractivity contribution < 1.29 is 23.8 Å². The lowest BCUT2D eigenvalue weighted by Crippen LogP contribution is -2.54. The Morgan fingerprint density at radius 1 is 1.46 bits per heavy atom. The molecule has 1 amide bonds. The molecule has 2 aliphatic rings. The molecule has 1 heterocycles. The number of aliphatic hydroxyl groups excluding tert-OH is 1. The molecule has 1 aromatic rings. The van der Waals surface area contributed by atoms with E-state index >= 15 is 0 Å². The maximum atomic E-state index is 13.8. The van der Waals surface area contributed by atoms with Crippen molar-refractivity contribution in [3.05, 3.63) is 29.6 Å². The summed E-state index contributed by atoms with van der Waals surface area (Å²) < 4.78 is 24.3. The second-order valence-corrected chi connectivity index (χ2v) is 6.54. The largest absolute Gasteiger partial charge is 0.494 e. The Labute approximate surface area is 141 Å². The summed E-state index contributed by atoms with van der Waals surface area (Å²) in [6.07, 6.45) is 2.45. The van der Waals surface area contributed by atoms with E-state index in [1.54, 1.807) is 6.07 Å². The first-order valence-corrected chi connectivity index (χ1v) is 8.48. The van der Waals surface area contributed by atoms with Crippen molar-refractivity contribution in [1.82, 2.24) is 4.90 Å². The summed E-state index contributed by atoms with van der Waals surface area (Å²) in [6.45, 7) is 1.48. The Bertz CT molecular complexity index is 594. The van der Waals surface area contributed by atoms with E-state index in [1.165, 1.54) is 19.2 Å². The van der Waals surface area contributed by atoms with E-state index in [2.05, 4.69) is 0 Å². The number of methoxy groups -OCH3 is 1. The van der Waals surface area contributed by atoms with Gasteiger partial charge in [0.2, 0.25) is 5.91 Å². The predicted octanol–water partition coefficient (Wildman–Crippen LogP) is 1.77. The van der Waals surface area contributed by atoms with Crippen molar-refractivity contribution in [3.63, 3.8) is 0 Å². The highest BCUT2D eigenvalue weighted by atomic mass is 19.1. The lowest BCUT2D eigenvalue weighted by atomic mass is 9.93. The maximum Gasteiger partial charge on any atom is 0.227 e. The third-order valence-corrected chi connectivity index (χ3v) is 5.08. The topological polar surface area (TPSA) is 59.0 Å². The normalized spacial score (nSPS) is 27.3. The zero-order valence-corrected chi connectivity index (χ0v) is 13.9. The zero-order chi connectivity index (χ0) is 17.1. The maximum absolute atomic E-state index is 13.8. The third-order valence-electron chi connectivity index (χ3n) is 5.08. The monoisotopic (exact) mass is 337 g/mol. The van der Waals surface area contributed by atoms with E-state index in [4.69, 9.17) is 9.47 Å². The molecule has 1 aliphatic carbocycles. The molecule has 2 fully saturated rings. The number of ether oxygens (including phenoxy) is 2. The molecule has 3 atom stereocenters. The number of halogens is 1. The Kier molecular flexibility index (Phi) is 5.36. The highest BCUT2D eigenvalue weighted by Crippen LogP contribution is 2.32. The Balaban J connectivity index is 1.71. The van der Waals surface area contributed by atoms with Crippen LogP contribution in [0.25, 0.3) is 0 Å². The van der Waals surface area contributed by atoms with E-state index in [0.717, 1.165) is 19.3 Å². The van der Waals surface area contributed by atoms with Crippen LogP contribution in [-0.4, -0.2) is 54.9 Å². The van der Waals surface area contributed by atoms with Gasteiger partial charge in [0.1, 0.15) is 0 Å².